The molecule has 9 nitrogen and oxygen atoms in total. The summed E-state index contributed by atoms with van der Waals surface area (Å²) in [4.78, 5) is 22.0. The van der Waals surface area contributed by atoms with Gasteiger partial charge in [-0.3, -0.25) is 0 Å². The van der Waals surface area contributed by atoms with Crippen molar-refractivity contribution in [3.8, 4) is 11.3 Å². The van der Waals surface area contributed by atoms with E-state index in [1.807, 2.05) is 16.9 Å². The summed E-state index contributed by atoms with van der Waals surface area (Å²) in [6.45, 7) is 4.42. The molecular weight excluding hydrogens is 462 g/mol. The first-order chi connectivity index (χ1) is 18.1. The molecule has 1 fully saturated rings. The first kappa shape index (κ1) is 21.8. The van der Waals surface area contributed by atoms with Gasteiger partial charge in [-0.05, 0) is 37.4 Å². The van der Waals surface area contributed by atoms with E-state index in [1.165, 1.54) is 6.33 Å². The molecule has 5 heterocycles. The molecule has 0 aliphatic carbocycles. The van der Waals surface area contributed by atoms with E-state index in [9.17, 15) is 0 Å². The fourth-order valence-corrected chi connectivity index (χ4v) is 5.26. The van der Waals surface area contributed by atoms with Crippen LogP contribution in [0.3, 0.4) is 0 Å². The van der Waals surface area contributed by atoms with Gasteiger partial charge in [-0.15, -0.1) is 0 Å². The number of nitrogens with one attached hydrogen (secondary N) is 1. The third-order valence-corrected chi connectivity index (χ3v) is 7.29. The van der Waals surface area contributed by atoms with Crippen molar-refractivity contribution in [1.29, 1.82) is 0 Å². The van der Waals surface area contributed by atoms with Crippen molar-refractivity contribution in [2.75, 3.05) is 43.9 Å². The molecule has 2 aromatic carbocycles. The monoisotopic (exact) mass is 489 g/mol. The van der Waals surface area contributed by atoms with E-state index in [4.69, 9.17) is 15.8 Å². The fraction of sp³-hybridized carbons (Fsp3) is 0.214. The van der Waals surface area contributed by atoms with Gasteiger partial charge in [-0.25, -0.2) is 19.6 Å². The molecule has 9 heteroatoms. The number of likely N-dealkylation sites (N-methyl/N-ethyl adjacent to an activating group) is 1. The van der Waals surface area contributed by atoms with Crippen LogP contribution < -0.4 is 10.6 Å². The van der Waals surface area contributed by atoms with E-state index < -0.39 is 0 Å². The SMILES string of the molecule is CN1CCN(c2nc3ccccc3cc2Cn2nc(-c3ccc4[nH]ccc4c3)c3c(N)ncnc32)CC1. The topological polar surface area (TPSA) is 105 Å². The lowest BCUT2D eigenvalue weighted by Crippen LogP contribution is -2.45. The lowest BCUT2D eigenvalue weighted by atomic mass is 10.1. The number of fused-ring (bicyclic) bond motifs is 3. The Kier molecular flexibility index (Phi) is 5.03. The molecule has 6 aromatic rings. The number of hydrogen-bond acceptors (Lipinski definition) is 7. The van der Waals surface area contributed by atoms with E-state index in [0.717, 1.165) is 76.0 Å². The van der Waals surface area contributed by atoms with Crippen LogP contribution in [0.5, 0.6) is 0 Å². The summed E-state index contributed by atoms with van der Waals surface area (Å²) in [6, 6.07) is 18.8. The van der Waals surface area contributed by atoms with E-state index >= 15 is 0 Å². The molecule has 0 spiro atoms. The van der Waals surface area contributed by atoms with Crippen molar-refractivity contribution < 1.29 is 0 Å². The van der Waals surface area contributed by atoms with Gasteiger partial charge in [-0.2, -0.15) is 5.10 Å². The van der Waals surface area contributed by atoms with E-state index in [0.29, 0.717) is 18.0 Å². The van der Waals surface area contributed by atoms with E-state index in [-0.39, 0.29) is 0 Å². The number of nitrogens with two attached hydrogens (primary N) is 1. The highest BCUT2D eigenvalue weighted by Gasteiger charge is 2.22. The van der Waals surface area contributed by atoms with Gasteiger partial charge in [0, 0.05) is 59.8 Å². The number of anilines is 2. The molecule has 0 saturated carbocycles. The summed E-state index contributed by atoms with van der Waals surface area (Å²) in [5.74, 6) is 1.43. The normalized spacial score (nSPS) is 14.8. The van der Waals surface area contributed by atoms with Crippen molar-refractivity contribution in [2.45, 2.75) is 6.54 Å². The maximum absolute atomic E-state index is 6.39. The third-order valence-electron chi connectivity index (χ3n) is 7.29. The van der Waals surface area contributed by atoms with E-state index in [1.54, 1.807) is 0 Å². The number of para-hydroxylation sites is 1. The Morgan fingerprint density at radius 3 is 2.70 bits per heavy atom. The number of pyridine rings is 1. The van der Waals surface area contributed by atoms with Gasteiger partial charge in [-0.1, -0.05) is 24.3 Å². The number of nitrogen functional groups attached to an aromatic ring is 1. The molecule has 3 N–H and O–H groups in total. The molecule has 0 unspecified atom stereocenters. The third kappa shape index (κ3) is 3.75. The number of aromatic amines is 1. The van der Waals surface area contributed by atoms with Crippen molar-refractivity contribution >= 4 is 44.5 Å². The van der Waals surface area contributed by atoms with Crippen molar-refractivity contribution in [2.24, 2.45) is 0 Å². The summed E-state index contributed by atoms with van der Waals surface area (Å²) < 4.78 is 1.94. The lowest BCUT2D eigenvalue weighted by Gasteiger charge is -2.34. The second-order valence-electron chi connectivity index (χ2n) is 9.70. The Labute approximate surface area is 213 Å². The molecule has 37 heavy (non-hydrogen) atoms. The average Bonchev–Trinajstić information content (AvgIpc) is 3.54. The number of hydrogen-bond donors (Lipinski definition) is 2. The number of nitrogens with zero attached hydrogens (tertiary/aromatic N) is 7. The maximum Gasteiger partial charge on any atom is 0.164 e. The number of piperazine rings is 1. The zero-order valence-electron chi connectivity index (χ0n) is 20.6. The van der Waals surface area contributed by atoms with Gasteiger partial charge < -0.3 is 20.5 Å². The summed E-state index contributed by atoms with van der Waals surface area (Å²) in [5.41, 5.74) is 12.1. The summed E-state index contributed by atoms with van der Waals surface area (Å²) in [5, 5.41) is 8.05. The molecule has 1 aliphatic heterocycles. The van der Waals surface area contributed by atoms with Crippen LogP contribution in [0, 0.1) is 0 Å². The van der Waals surface area contributed by atoms with Crippen LogP contribution in [-0.4, -0.2) is 67.8 Å². The van der Waals surface area contributed by atoms with Crippen LogP contribution in [-0.2, 0) is 6.54 Å². The smallest absolute Gasteiger partial charge is 0.164 e. The van der Waals surface area contributed by atoms with Crippen molar-refractivity contribution in [1.82, 2.24) is 34.6 Å². The van der Waals surface area contributed by atoms with Gasteiger partial charge in [0.1, 0.15) is 23.7 Å². The van der Waals surface area contributed by atoms with Gasteiger partial charge in [0.05, 0.1) is 17.4 Å². The Morgan fingerprint density at radius 2 is 1.81 bits per heavy atom. The Balaban J connectivity index is 1.38. The Hall–Kier alpha value is -4.50. The van der Waals surface area contributed by atoms with Gasteiger partial charge in [0.2, 0.25) is 0 Å². The molecule has 1 aliphatic rings. The highest BCUT2D eigenvalue weighted by Crippen LogP contribution is 2.33. The van der Waals surface area contributed by atoms with Crippen LogP contribution in [0.2, 0.25) is 0 Å². The van der Waals surface area contributed by atoms with Gasteiger partial charge in [0.15, 0.2) is 5.65 Å². The number of H-pyrrole nitrogens is 1. The minimum Gasteiger partial charge on any atom is -0.383 e. The first-order valence-electron chi connectivity index (χ1n) is 12.5. The number of benzene rings is 2. The van der Waals surface area contributed by atoms with Crippen LogP contribution in [0.4, 0.5) is 11.6 Å². The minimum atomic E-state index is 0.427. The van der Waals surface area contributed by atoms with Crippen molar-refractivity contribution in [3.63, 3.8) is 0 Å². The zero-order chi connectivity index (χ0) is 24.9. The second kappa shape index (κ2) is 8.56. The molecule has 0 bridgehead atoms. The van der Waals surface area contributed by atoms with Crippen LogP contribution in [0.25, 0.3) is 44.1 Å². The number of rotatable bonds is 4. The number of aromatic nitrogens is 6. The lowest BCUT2D eigenvalue weighted by molar-refractivity contribution is 0.312. The average molecular weight is 490 g/mol. The van der Waals surface area contributed by atoms with Crippen molar-refractivity contribution in [3.05, 3.63) is 72.7 Å². The molecule has 1 saturated heterocycles. The Morgan fingerprint density at radius 1 is 0.946 bits per heavy atom. The van der Waals surface area contributed by atoms with Crippen LogP contribution in [0.15, 0.2) is 67.1 Å². The van der Waals surface area contributed by atoms with E-state index in [2.05, 4.69) is 80.3 Å². The summed E-state index contributed by atoms with van der Waals surface area (Å²) >= 11 is 0. The maximum atomic E-state index is 6.39. The largest absolute Gasteiger partial charge is 0.383 e. The summed E-state index contributed by atoms with van der Waals surface area (Å²) in [7, 11) is 2.17. The second-order valence-corrected chi connectivity index (χ2v) is 9.70. The van der Waals surface area contributed by atoms with Crippen LogP contribution in [0.1, 0.15) is 5.56 Å². The molecule has 4 aromatic heterocycles. The van der Waals surface area contributed by atoms with Crippen LogP contribution >= 0.6 is 0 Å². The standard InChI is InChI=1S/C28H27N9/c1-35-10-12-36(13-11-35)27-21(15-18-4-2-3-5-23(18)33-27)16-37-28-24(26(29)31-17-32-28)25(34-37)20-6-7-22-19(14-20)8-9-30-22/h2-9,14-15,17,30H,10-13,16H2,1H3,(H2,29,31,32). The molecule has 7 rings (SSSR count). The predicted molar refractivity (Wildman–Crippen MR) is 148 cm³/mol. The molecule has 0 atom stereocenters. The van der Waals surface area contributed by atoms with Gasteiger partial charge in [0.25, 0.3) is 0 Å². The first-order valence-corrected chi connectivity index (χ1v) is 12.5. The summed E-state index contributed by atoms with van der Waals surface area (Å²) in [6.07, 6.45) is 3.45. The quantitative estimate of drug-likeness (QED) is 0.387. The zero-order valence-corrected chi connectivity index (χ0v) is 20.6. The minimum absolute atomic E-state index is 0.427. The highest BCUT2D eigenvalue weighted by atomic mass is 15.3. The molecule has 0 radical (unpaired) electrons. The Bertz CT molecular complexity index is 1760. The predicted octanol–water partition coefficient (Wildman–Crippen LogP) is 3.91. The fourth-order valence-electron chi connectivity index (χ4n) is 5.26. The highest BCUT2D eigenvalue weighted by molar-refractivity contribution is 6.00. The molecule has 0 amide bonds. The molecule has 184 valence electrons. The molecular formula is C28H27N9. The van der Waals surface area contributed by atoms with Gasteiger partial charge >= 0.3 is 0 Å².